The maximum absolute atomic E-state index is 12.3. The molecule has 3 heteroatoms. The molecule has 0 saturated carbocycles. The fraction of sp³-hybridized carbons (Fsp3) is 0.529. The SMILES string of the molecule is CC(C)(C)C(=O)CNC(=O)c1ccccc1C(C)(C)C. The Kier molecular flexibility index (Phi) is 4.74. The highest BCUT2D eigenvalue weighted by Crippen LogP contribution is 2.25. The topological polar surface area (TPSA) is 46.2 Å². The van der Waals surface area contributed by atoms with Gasteiger partial charge in [0.05, 0.1) is 6.54 Å². The van der Waals surface area contributed by atoms with Crippen LogP contribution < -0.4 is 5.32 Å². The van der Waals surface area contributed by atoms with Gasteiger partial charge in [-0.15, -0.1) is 0 Å². The van der Waals surface area contributed by atoms with Crippen molar-refractivity contribution in [3.05, 3.63) is 35.4 Å². The molecule has 0 saturated heterocycles. The Labute approximate surface area is 121 Å². The fourth-order valence-corrected chi connectivity index (χ4v) is 1.86. The summed E-state index contributed by atoms with van der Waals surface area (Å²) in [7, 11) is 0. The van der Waals surface area contributed by atoms with Crippen LogP contribution in [0.25, 0.3) is 0 Å². The fourth-order valence-electron chi connectivity index (χ4n) is 1.86. The first-order valence-electron chi connectivity index (χ1n) is 6.94. The van der Waals surface area contributed by atoms with E-state index in [0.29, 0.717) is 5.56 Å². The van der Waals surface area contributed by atoms with Gasteiger partial charge in [-0.3, -0.25) is 9.59 Å². The molecule has 1 aromatic carbocycles. The molecule has 3 nitrogen and oxygen atoms in total. The van der Waals surface area contributed by atoms with Crippen molar-refractivity contribution in [3.63, 3.8) is 0 Å². The van der Waals surface area contributed by atoms with Gasteiger partial charge >= 0.3 is 0 Å². The maximum Gasteiger partial charge on any atom is 0.251 e. The Balaban J connectivity index is 2.87. The second-order valence-corrected chi connectivity index (χ2v) is 7.15. The van der Waals surface area contributed by atoms with Gasteiger partial charge in [0.1, 0.15) is 0 Å². The Morgan fingerprint density at radius 1 is 1.00 bits per heavy atom. The first-order valence-corrected chi connectivity index (χ1v) is 6.94. The number of amides is 1. The summed E-state index contributed by atoms with van der Waals surface area (Å²) in [5.74, 6) is -0.160. The van der Waals surface area contributed by atoms with E-state index in [4.69, 9.17) is 0 Å². The monoisotopic (exact) mass is 275 g/mol. The maximum atomic E-state index is 12.3. The predicted molar refractivity (Wildman–Crippen MR) is 81.9 cm³/mol. The second-order valence-electron chi connectivity index (χ2n) is 7.15. The van der Waals surface area contributed by atoms with Crippen LogP contribution in [0, 0.1) is 5.41 Å². The number of hydrogen-bond donors (Lipinski definition) is 1. The van der Waals surface area contributed by atoms with Gasteiger partial charge in [-0.05, 0) is 17.0 Å². The minimum atomic E-state index is -0.434. The number of hydrogen-bond acceptors (Lipinski definition) is 2. The van der Waals surface area contributed by atoms with Gasteiger partial charge in [0, 0.05) is 11.0 Å². The van der Waals surface area contributed by atoms with Crippen LogP contribution in [0.3, 0.4) is 0 Å². The van der Waals surface area contributed by atoms with Gasteiger partial charge in [0.15, 0.2) is 5.78 Å². The molecule has 0 aliphatic heterocycles. The third kappa shape index (κ3) is 4.19. The van der Waals surface area contributed by atoms with E-state index >= 15 is 0 Å². The first-order chi connectivity index (χ1) is 9.03. The number of carbonyl (C=O) groups excluding carboxylic acids is 2. The lowest BCUT2D eigenvalue weighted by Gasteiger charge is -2.23. The number of nitrogens with one attached hydrogen (secondary N) is 1. The van der Waals surface area contributed by atoms with Crippen molar-refractivity contribution in [2.45, 2.75) is 47.0 Å². The molecule has 0 spiro atoms. The molecule has 1 rings (SSSR count). The molecule has 110 valence electrons. The molecule has 1 aromatic rings. The lowest BCUT2D eigenvalue weighted by molar-refractivity contribution is -0.125. The van der Waals surface area contributed by atoms with Gasteiger partial charge in [-0.1, -0.05) is 59.7 Å². The molecule has 0 fully saturated rings. The zero-order valence-electron chi connectivity index (χ0n) is 13.3. The number of carbonyl (C=O) groups is 2. The lowest BCUT2D eigenvalue weighted by Crippen LogP contribution is -2.36. The van der Waals surface area contributed by atoms with Crippen LogP contribution in [0.5, 0.6) is 0 Å². The largest absolute Gasteiger partial charge is 0.345 e. The second kappa shape index (κ2) is 5.78. The molecule has 0 radical (unpaired) electrons. The molecule has 0 aliphatic rings. The molecule has 0 unspecified atom stereocenters. The van der Waals surface area contributed by atoms with E-state index in [-0.39, 0.29) is 23.7 Å². The summed E-state index contributed by atoms with van der Waals surface area (Å²) in [6, 6.07) is 7.53. The van der Waals surface area contributed by atoms with Crippen molar-refractivity contribution in [1.29, 1.82) is 0 Å². The zero-order valence-corrected chi connectivity index (χ0v) is 13.3. The van der Waals surface area contributed by atoms with Crippen LogP contribution in [0.1, 0.15) is 57.5 Å². The van der Waals surface area contributed by atoms with Crippen LogP contribution in [0.2, 0.25) is 0 Å². The Morgan fingerprint density at radius 3 is 2.05 bits per heavy atom. The number of ketones is 1. The molecular formula is C17H25NO2. The van der Waals surface area contributed by atoms with E-state index in [0.717, 1.165) is 5.56 Å². The van der Waals surface area contributed by atoms with Gasteiger partial charge in [-0.2, -0.15) is 0 Å². The zero-order chi connectivity index (χ0) is 15.6. The average molecular weight is 275 g/mol. The third-order valence-corrected chi connectivity index (χ3v) is 3.23. The van der Waals surface area contributed by atoms with E-state index in [1.54, 1.807) is 6.07 Å². The van der Waals surface area contributed by atoms with Gasteiger partial charge in [0.25, 0.3) is 5.91 Å². The van der Waals surface area contributed by atoms with Gasteiger partial charge in [0.2, 0.25) is 0 Å². The summed E-state index contributed by atoms with van der Waals surface area (Å²) >= 11 is 0. The van der Waals surface area contributed by atoms with Crippen LogP contribution >= 0.6 is 0 Å². The standard InChI is InChI=1S/C17H25NO2/c1-16(2,3)13-10-8-7-9-12(13)15(20)18-11-14(19)17(4,5)6/h7-10H,11H2,1-6H3,(H,18,20). The van der Waals surface area contributed by atoms with Crippen molar-refractivity contribution < 1.29 is 9.59 Å². The molecule has 1 N–H and O–H groups in total. The van der Waals surface area contributed by atoms with Crippen molar-refractivity contribution >= 4 is 11.7 Å². The van der Waals surface area contributed by atoms with Crippen molar-refractivity contribution in [1.82, 2.24) is 5.32 Å². The molecule has 1 amide bonds. The van der Waals surface area contributed by atoms with Crippen molar-refractivity contribution in [3.8, 4) is 0 Å². The highest BCUT2D eigenvalue weighted by atomic mass is 16.2. The quantitative estimate of drug-likeness (QED) is 0.919. The summed E-state index contributed by atoms with van der Waals surface area (Å²) in [6.07, 6.45) is 0. The van der Waals surface area contributed by atoms with E-state index in [9.17, 15) is 9.59 Å². The van der Waals surface area contributed by atoms with Crippen LogP contribution in [0.15, 0.2) is 24.3 Å². The minimum Gasteiger partial charge on any atom is -0.345 e. The van der Waals surface area contributed by atoms with E-state index < -0.39 is 5.41 Å². The summed E-state index contributed by atoms with van der Waals surface area (Å²) in [4.78, 5) is 24.1. The molecular weight excluding hydrogens is 250 g/mol. The normalized spacial score (nSPS) is 12.1. The number of rotatable bonds is 3. The van der Waals surface area contributed by atoms with Crippen LogP contribution in [0.4, 0.5) is 0 Å². The summed E-state index contributed by atoms with van der Waals surface area (Å²) in [6.45, 7) is 11.8. The van der Waals surface area contributed by atoms with Gasteiger partial charge in [-0.25, -0.2) is 0 Å². The highest BCUT2D eigenvalue weighted by molar-refractivity contribution is 5.98. The molecule has 0 aromatic heterocycles. The first kappa shape index (κ1) is 16.4. The molecule has 0 bridgehead atoms. The Morgan fingerprint density at radius 2 is 1.55 bits per heavy atom. The van der Waals surface area contributed by atoms with E-state index in [1.165, 1.54) is 0 Å². The van der Waals surface area contributed by atoms with Crippen LogP contribution in [-0.4, -0.2) is 18.2 Å². The number of Topliss-reactive ketones (excluding diaryl/α,β-unsaturated/α-hetero) is 1. The highest BCUT2D eigenvalue weighted by Gasteiger charge is 2.24. The number of benzene rings is 1. The predicted octanol–water partition coefficient (Wildman–Crippen LogP) is 3.33. The molecule has 0 atom stereocenters. The lowest BCUT2D eigenvalue weighted by atomic mass is 9.83. The molecule has 0 aliphatic carbocycles. The summed E-state index contributed by atoms with van der Waals surface area (Å²) in [5.41, 5.74) is 1.08. The van der Waals surface area contributed by atoms with E-state index in [1.807, 2.05) is 39.0 Å². The smallest absolute Gasteiger partial charge is 0.251 e. The van der Waals surface area contributed by atoms with Crippen LogP contribution in [-0.2, 0) is 10.2 Å². The van der Waals surface area contributed by atoms with Crippen molar-refractivity contribution in [2.24, 2.45) is 5.41 Å². The Hall–Kier alpha value is -1.64. The van der Waals surface area contributed by atoms with Crippen molar-refractivity contribution in [2.75, 3.05) is 6.54 Å². The summed E-state index contributed by atoms with van der Waals surface area (Å²) in [5, 5.41) is 2.73. The minimum absolute atomic E-state index is 0.0269. The Bertz CT molecular complexity index is 504. The van der Waals surface area contributed by atoms with Gasteiger partial charge < -0.3 is 5.32 Å². The average Bonchev–Trinajstić information content (AvgIpc) is 2.33. The van der Waals surface area contributed by atoms with E-state index in [2.05, 4.69) is 26.1 Å². The molecule has 0 heterocycles. The summed E-state index contributed by atoms with van der Waals surface area (Å²) < 4.78 is 0. The third-order valence-electron chi connectivity index (χ3n) is 3.23. The molecule has 20 heavy (non-hydrogen) atoms.